The lowest BCUT2D eigenvalue weighted by molar-refractivity contribution is 0.208. The molecular formula is C20H25N3O. The number of fused-ring (bicyclic) bond motifs is 1. The monoisotopic (exact) mass is 323 g/mol. The van der Waals surface area contributed by atoms with Gasteiger partial charge >= 0.3 is 0 Å². The van der Waals surface area contributed by atoms with Crippen molar-refractivity contribution in [1.29, 1.82) is 0 Å². The molecule has 0 amide bonds. The molecule has 2 heterocycles. The summed E-state index contributed by atoms with van der Waals surface area (Å²) in [7, 11) is 2.15. The van der Waals surface area contributed by atoms with Crippen LogP contribution in [0.2, 0.25) is 0 Å². The Morgan fingerprint density at radius 3 is 2.38 bits per heavy atom. The van der Waals surface area contributed by atoms with Crippen molar-refractivity contribution in [3.63, 3.8) is 0 Å². The number of nitrogens with zero attached hydrogens (tertiary/aromatic N) is 3. The van der Waals surface area contributed by atoms with E-state index in [1.54, 1.807) is 0 Å². The molecule has 0 N–H and O–H groups in total. The molecule has 126 valence electrons. The van der Waals surface area contributed by atoms with E-state index in [1.807, 2.05) is 10.7 Å². The molecule has 0 radical (unpaired) electrons. The molecule has 0 bridgehead atoms. The predicted molar refractivity (Wildman–Crippen MR) is 96.3 cm³/mol. The molecule has 24 heavy (non-hydrogen) atoms. The summed E-state index contributed by atoms with van der Waals surface area (Å²) in [4.78, 5) is 15.4. The topological polar surface area (TPSA) is 38.1 Å². The van der Waals surface area contributed by atoms with Crippen molar-refractivity contribution in [2.45, 2.75) is 44.6 Å². The largest absolute Gasteiger partial charge is 0.306 e. The van der Waals surface area contributed by atoms with Gasteiger partial charge in [0.1, 0.15) is 0 Å². The maximum Gasteiger partial charge on any atom is 0.270 e. The molecule has 0 unspecified atom stereocenters. The quantitative estimate of drug-likeness (QED) is 0.852. The summed E-state index contributed by atoms with van der Waals surface area (Å²) in [5, 5.41) is 4.89. The summed E-state index contributed by atoms with van der Waals surface area (Å²) in [6.07, 6.45) is 6.19. The van der Waals surface area contributed by atoms with E-state index in [9.17, 15) is 4.79 Å². The van der Waals surface area contributed by atoms with E-state index < -0.39 is 0 Å². The van der Waals surface area contributed by atoms with Crippen molar-refractivity contribution < 1.29 is 0 Å². The molecule has 0 atom stereocenters. The summed E-state index contributed by atoms with van der Waals surface area (Å²) in [6.45, 7) is 2.08. The lowest BCUT2D eigenvalue weighted by Gasteiger charge is -2.31. The standard InChI is InChI=1S/C20H25N3O/c1-22-13-11-16(12-14-22)23-20(24)18-10-6-5-9-17(18)19(21-23)15-7-3-2-4-8-15/h2-4,7-8,16H,5-6,9-14H2,1H3. The number of hydrogen-bond acceptors (Lipinski definition) is 3. The van der Waals surface area contributed by atoms with Gasteiger partial charge in [0.15, 0.2) is 0 Å². The summed E-state index contributed by atoms with van der Waals surface area (Å²) < 4.78 is 1.82. The maximum absolute atomic E-state index is 13.1. The summed E-state index contributed by atoms with van der Waals surface area (Å²) in [5.74, 6) is 0. The first kappa shape index (κ1) is 15.6. The molecule has 1 fully saturated rings. The predicted octanol–water partition coefficient (Wildman–Crippen LogP) is 3.06. The Balaban J connectivity index is 1.84. The Bertz CT molecular complexity index is 773. The number of aromatic nitrogens is 2. The molecule has 0 spiro atoms. The minimum absolute atomic E-state index is 0.166. The van der Waals surface area contributed by atoms with E-state index in [1.165, 1.54) is 5.56 Å². The molecule has 4 rings (SSSR count). The fourth-order valence-corrected chi connectivity index (χ4v) is 4.07. The lowest BCUT2D eigenvalue weighted by atomic mass is 9.89. The highest BCUT2D eigenvalue weighted by atomic mass is 16.1. The SMILES string of the molecule is CN1CCC(n2nc(-c3ccccc3)c3c(c2=O)CCCC3)CC1. The van der Waals surface area contributed by atoms with Gasteiger partial charge in [-0.25, -0.2) is 4.68 Å². The Morgan fingerprint density at radius 2 is 1.67 bits per heavy atom. The Morgan fingerprint density at radius 1 is 1.00 bits per heavy atom. The smallest absolute Gasteiger partial charge is 0.270 e. The van der Waals surface area contributed by atoms with Gasteiger partial charge in [-0.15, -0.1) is 0 Å². The van der Waals surface area contributed by atoms with Crippen molar-refractivity contribution >= 4 is 0 Å². The van der Waals surface area contributed by atoms with E-state index in [2.05, 4.69) is 36.2 Å². The van der Waals surface area contributed by atoms with Crippen molar-refractivity contribution in [3.8, 4) is 11.3 Å². The van der Waals surface area contributed by atoms with Gasteiger partial charge in [-0.05, 0) is 64.2 Å². The van der Waals surface area contributed by atoms with Crippen LogP contribution in [0, 0.1) is 0 Å². The molecular weight excluding hydrogens is 298 g/mol. The van der Waals surface area contributed by atoms with Crippen LogP contribution in [0.3, 0.4) is 0 Å². The van der Waals surface area contributed by atoms with E-state index >= 15 is 0 Å². The van der Waals surface area contributed by atoms with E-state index in [0.29, 0.717) is 0 Å². The van der Waals surface area contributed by atoms with E-state index in [-0.39, 0.29) is 11.6 Å². The molecule has 4 heteroatoms. The molecule has 1 aliphatic carbocycles. The van der Waals surface area contributed by atoms with Crippen molar-refractivity contribution in [1.82, 2.24) is 14.7 Å². The van der Waals surface area contributed by atoms with Crippen LogP contribution in [-0.2, 0) is 12.8 Å². The first-order valence-corrected chi connectivity index (χ1v) is 9.12. The zero-order valence-electron chi connectivity index (χ0n) is 14.4. The van der Waals surface area contributed by atoms with Crippen molar-refractivity contribution in [3.05, 3.63) is 51.8 Å². The fraction of sp³-hybridized carbons (Fsp3) is 0.500. The third kappa shape index (κ3) is 2.80. The van der Waals surface area contributed by atoms with Crippen LogP contribution < -0.4 is 5.56 Å². The normalized spacial score (nSPS) is 19.2. The number of benzene rings is 1. The summed E-state index contributed by atoms with van der Waals surface area (Å²) in [5.41, 5.74) is 4.55. The molecule has 1 aromatic heterocycles. The van der Waals surface area contributed by atoms with Crippen LogP contribution in [0.4, 0.5) is 0 Å². The van der Waals surface area contributed by atoms with Crippen LogP contribution in [0.5, 0.6) is 0 Å². The summed E-state index contributed by atoms with van der Waals surface area (Å²) in [6, 6.07) is 10.6. The molecule has 2 aliphatic rings. The van der Waals surface area contributed by atoms with Gasteiger partial charge in [-0.1, -0.05) is 30.3 Å². The van der Waals surface area contributed by atoms with Crippen molar-refractivity contribution in [2.75, 3.05) is 20.1 Å². The number of hydrogen-bond donors (Lipinski definition) is 0. The van der Waals surface area contributed by atoms with Crippen LogP contribution in [0.1, 0.15) is 42.9 Å². The molecule has 1 saturated heterocycles. The van der Waals surface area contributed by atoms with Gasteiger partial charge in [-0.3, -0.25) is 4.79 Å². The number of rotatable bonds is 2. The van der Waals surface area contributed by atoms with E-state index in [4.69, 9.17) is 5.10 Å². The Kier molecular flexibility index (Phi) is 4.23. The molecule has 4 nitrogen and oxygen atoms in total. The van der Waals surface area contributed by atoms with Crippen LogP contribution in [-0.4, -0.2) is 34.8 Å². The molecule has 0 saturated carbocycles. The van der Waals surface area contributed by atoms with Gasteiger partial charge in [0.2, 0.25) is 0 Å². The first-order chi connectivity index (χ1) is 11.7. The minimum Gasteiger partial charge on any atom is -0.306 e. The second kappa shape index (κ2) is 6.52. The summed E-state index contributed by atoms with van der Waals surface area (Å²) >= 11 is 0. The van der Waals surface area contributed by atoms with Crippen LogP contribution in [0.15, 0.2) is 35.1 Å². The van der Waals surface area contributed by atoms with Gasteiger partial charge in [0, 0.05) is 11.1 Å². The lowest BCUT2D eigenvalue weighted by Crippen LogP contribution is -2.38. The van der Waals surface area contributed by atoms with Gasteiger partial charge in [0.25, 0.3) is 5.56 Å². The van der Waals surface area contributed by atoms with Gasteiger partial charge < -0.3 is 4.90 Å². The van der Waals surface area contributed by atoms with Crippen molar-refractivity contribution in [2.24, 2.45) is 0 Å². The first-order valence-electron chi connectivity index (χ1n) is 9.12. The molecule has 1 aromatic carbocycles. The Labute approximate surface area is 143 Å². The van der Waals surface area contributed by atoms with Gasteiger partial charge in [0.05, 0.1) is 11.7 Å². The number of piperidine rings is 1. The average Bonchev–Trinajstić information content (AvgIpc) is 2.64. The Hall–Kier alpha value is -1.94. The highest BCUT2D eigenvalue weighted by Gasteiger charge is 2.26. The highest BCUT2D eigenvalue weighted by Crippen LogP contribution is 2.29. The second-order valence-corrected chi connectivity index (χ2v) is 7.16. The van der Waals surface area contributed by atoms with Crippen LogP contribution in [0.25, 0.3) is 11.3 Å². The van der Waals surface area contributed by atoms with Crippen LogP contribution >= 0.6 is 0 Å². The second-order valence-electron chi connectivity index (χ2n) is 7.16. The third-order valence-electron chi connectivity index (χ3n) is 5.51. The third-order valence-corrected chi connectivity index (χ3v) is 5.51. The zero-order chi connectivity index (χ0) is 16.5. The maximum atomic E-state index is 13.1. The minimum atomic E-state index is 0.166. The highest BCUT2D eigenvalue weighted by molar-refractivity contribution is 5.64. The average molecular weight is 323 g/mol. The zero-order valence-corrected chi connectivity index (χ0v) is 14.4. The molecule has 2 aromatic rings. The fourth-order valence-electron chi connectivity index (χ4n) is 4.07. The molecule has 1 aliphatic heterocycles. The van der Waals surface area contributed by atoms with E-state index in [0.717, 1.165) is 68.4 Å². The van der Waals surface area contributed by atoms with Gasteiger partial charge in [-0.2, -0.15) is 5.10 Å². The number of likely N-dealkylation sites (tertiary alicyclic amines) is 1.